The lowest BCUT2D eigenvalue weighted by molar-refractivity contribution is 0.413. The number of aryl methyl sites for hydroxylation is 1. The molecule has 1 N–H and O–H groups in total. The maximum Gasteiger partial charge on any atom is 0.266 e. The number of methoxy groups -OCH3 is 2. The highest BCUT2D eigenvalue weighted by molar-refractivity contribution is 5.95. The molecule has 3 rings (SSSR count). The molecule has 0 aliphatic rings. The Morgan fingerprint density at radius 2 is 1.79 bits per heavy atom. The van der Waals surface area contributed by atoms with Crippen LogP contribution in [0.2, 0.25) is 0 Å². The molecule has 24 heavy (non-hydrogen) atoms. The number of aromatic nitrogens is 1. The first kappa shape index (κ1) is 15.6. The van der Waals surface area contributed by atoms with Gasteiger partial charge < -0.3 is 14.5 Å². The lowest BCUT2D eigenvalue weighted by Gasteiger charge is -2.14. The van der Waals surface area contributed by atoms with Crippen molar-refractivity contribution in [1.82, 2.24) is 4.98 Å². The zero-order valence-corrected chi connectivity index (χ0v) is 13.6. The summed E-state index contributed by atoms with van der Waals surface area (Å²) >= 11 is 0. The summed E-state index contributed by atoms with van der Waals surface area (Å²) in [5.74, 6) is 1.31. The van der Waals surface area contributed by atoms with Crippen LogP contribution in [0.1, 0.15) is 11.3 Å². The Hall–Kier alpha value is -3.26. The molecule has 0 aliphatic heterocycles. The fourth-order valence-corrected chi connectivity index (χ4v) is 2.85. The molecular weight excluding hydrogens is 304 g/mol. The molecule has 0 bridgehead atoms. The van der Waals surface area contributed by atoms with Crippen LogP contribution >= 0.6 is 0 Å². The molecule has 0 amide bonds. The van der Waals surface area contributed by atoms with E-state index in [1.807, 2.05) is 36.4 Å². The first-order chi connectivity index (χ1) is 11.6. The van der Waals surface area contributed by atoms with E-state index in [4.69, 9.17) is 9.47 Å². The van der Waals surface area contributed by atoms with Crippen molar-refractivity contribution in [2.75, 3.05) is 14.2 Å². The molecule has 0 saturated heterocycles. The Kier molecular flexibility index (Phi) is 3.97. The molecule has 5 heteroatoms. The summed E-state index contributed by atoms with van der Waals surface area (Å²) in [4.78, 5) is 14.7. The molecule has 0 aliphatic carbocycles. The van der Waals surface area contributed by atoms with Crippen molar-refractivity contribution in [2.24, 2.45) is 0 Å². The van der Waals surface area contributed by atoms with Gasteiger partial charge in [0.15, 0.2) is 0 Å². The van der Waals surface area contributed by atoms with Gasteiger partial charge in [0, 0.05) is 22.2 Å². The van der Waals surface area contributed by atoms with Gasteiger partial charge >= 0.3 is 0 Å². The molecule has 3 aromatic rings. The van der Waals surface area contributed by atoms with Crippen molar-refractivity contribution in [3.8, 4) is 28.7 Å². The fourth-order valence-electron chi connectivity index (χ4n) is 2.85. The number of ether oxygens (including phenoxy) is 2. The van der Waals surface area contributed by atoms with Crippen molar-refractivity contribution < 1.29 is 9.47 Å². The van der Waals surface area contributed by atoms with E-state index in [1.54, 1.807) is 27.2 Å². The molecule has 1 heterocycles. The van der Waals surface area contributed by atoms with Gasteiger partial charge in [-0.15, -0.1) is 0 Å². The van der Waals surface area contributed by atoms with Gasteiger partial charge in [0.05, 0.1) is 14.2 Å². The monoisotopic (exact) mass is 320 g/mol. The first-order valence-electron chi connectivity index (χ1n) is 7.38. The van der Waals surface area contributed by atoms with Crippen LogP contribution in [0.4, 0.5) is 0 Å². The second kappa shape index (κ2) is 6.09. The molecule has 5 nitrogen and oxygen atoms in total. The number of fused-ring (bicyclic) bond motifs is 1. The highest BCUT2D eigenvalue weighted by Gasteiger charge is 2.16. The SMILES string of the molecule is COc1cc2c(OC)cccc2cc1-c1cc(C)[nH]c(=O)c1C#N. The average molecular weight is 320 g/mol. The quantitative estimate of drug-likeness (QED) is 0.802. The Labute approximate surface area is 139 Å². The normalized spacial score (nSPS) is 10.4. The summed E-state index contributed by atoms with van der Waals surface area (Å²) in [7, 11) is 3.18. The van der Waals surface area contributed by atoms with Gasteiger partial charge in [0.2, 0.25) is 0 Å². The lowest BCUT2D eigenvalue weighted by Crippen LogP contribution is -2.13. The summed E-state index contributed by atoms with van der Waals surface area (Å²) in [5.41, 5.74) is 1.60. The van der Waals surface area contributed by atoms with Crippen LogP contribution in [0.3, 0.4) is 0 Å². The molecule has 0 atom stereocenters. The van der Waals surface area contributed by atoms with E-state index in [1.165, 1.54) is 0 Å². The van der Waals surface area contributed by atoms with Crippen LogP contribution in [-0.2, 0) is 0 Å². The Morgan fingerprint density at radius 3 is 2.46 bits per heavy atom. The van der Waals surface area contributed by atoms with Gasteiger partial charge in [-0.1, -0.05) is 12.1 Å². The number of H-pyrrole nitrogens is 1. The van der Waals surface area contributed by atoms with E-state index in [0.29, 0.717) is 22.6 Å². The van der Waals surface area contributed by atoms with Crippen LogP contribution in [0.25, 0.3) is 21.9 Å². The van der Waals surface area contributed by atoms with Crippen molar-refractivity contribution >= 4 is 10.8 Å². The van der Waals surface area contributed by atoms with Gasteiger partial charge in [-0.25, -0.2) is 0 Å². The number of nitrogens with zero attached hydrogens (tertiary/aromatic N) is 1. The summed E-state index contributed by atoms with van der Waals surface area (Å²) in [5, 5.41) is 11.2. The average Bonchev–Trinajstić information content (AvgIpc) is 2.59. The van der Waals surface area contributed by atoms with E-state index in [2.05, 4.69) is 4.98 Å². The molecular formula is C19H16N2O3. The van der Waals surface area contributed by atoms with Gasteiger partial charge in [0.1, 0.15) is 23.1 Å². The highest BCUT2D eigenvalue weighted by atomic mass is 16.5. The molecule has 0 spiro atoms. The minimum absolute atomic E-state index is 0.0705. The largest absolute Gasteiger partial charge is 0.496 e. The second-order valence-electron chi connectivity index (χ2n) is 5.42. The van der Waals surface area contributed by atoms with Gasteiger partial charge in [-0.05, 0) is 36.6 Å². The summed E-state index contributed by atoms with van der Waals surface area (Å²) in [6, 6.07) is 13.3. The van der Waals surface area contributed by atoms with E-state index in [-0.39, 0.29) is 5.56 Å². The van der Waals surface area contributed by atoms with Gasteiger partial charge in [0.25, 0.3) is 5.56 Å². The smallest absolute Gasteiger partial charge is 0.266 e. The number of aromatic amines is 1. The van der Waals surface area contributed by atoms with Crippen LogP contribution in [0.15, 0.2) is 41.2 Å². The third-order valence-corrected chi connectivity index (χ3v) is 3.95. The third-order valence-electron chi connectivity index (χ3n) is 3.95. The number of benzene rings is 2. The van der Waals surface area contributed by atoms with Crippen LogP contribution in [0, 0.1) is 18.3 Å². The van der Waals surface area contributed by atoms with Crippen molar-refractivity contribution in [3.63, 3.8) is 0 Å². The predicted octanol–water partition coefficient (Wildman–Crippen LogP) is 3.39. The molecule has 0 saturated carbocycles. The Balaban J connectivity index is 2.40. The maximum atomic E-state index is 12.1. The highest BCUT2D eigenvalue weighted by Crippen LogP contribution is 2.38. The van der Waals surface area contributed by atoms with Gasteiger partial charge in [-0.3, -0.25) is 4.79 Å². The molecule has 120 valence electrons. The molecule has 0 radical (unpaired) electrons. The second-order valence-corrected chi connectivity index (χ2v) is 5.42. The maximum absolute atomic E-state index is 12.1. The third kappa shape index (κ3) is 2.48. The number of hydrogen-bond acceptors (Lipinski definition) is 4. The van der Waals surface area contributed by atoms with E-state index in [0.717, 1.165) is 16.5 Å². The Bertz CT molecular complexity index is 1030. The Morgan fingerprint density at radius 1 is 1.04 bits per heavy atom. The molecule has 0 fully saturated rings. The molecule has 1 aromatic heterocycles. The van der Waals surface area contributed by atoms with Crippen molar-refractivity contribution in [3.05, 3.63) is 58.0 Å². The van der Waals surface area contributed by atoms with Crippen LogP contribution in [-0.4, -0.2) is 19.2 Å². The summed E-state index contributed by atoms with van der Waals surface area (Å²) in [6.45, 7) is 1.78. The number of nitriles is 1. The van der Waals surface area contributed by atoms with E-state index in [9.17, 15) is 10.1 Å². The molecule has 2 aromatic carbocycles. The zero-order valence-electron chi connectivity index (χ0n) is 13.6. The minimum atomic E-state index is -0.403. The van der Waals surface area contributed by atoms with Crippen LogP contribution in [0.5, 0.6) is 11.5 Å². The number of hydrogen-bond donors (Lipinski definition) is 1. The van der Waals surface area contributed by atoms with Crippen molar-refractivity contribution in [2.45, 2.75) is 6.92 Å². The van der Waals surface area contributed by atoms with E-state index >= 15 is 0 Å². The zero-order chi connectivity index (χ0) is 17.3. The minimum Gasteiger partial charge on any atom is -0.496 e. The van der Waals surface area contributed by atoms with Gasteiger partial charge in [-0.2, -0.15) is 5.26 Å². The topological polar surface area (TPSA) is 75.1 Å². The van der Waals surface area contributed by atoms with E-state index < -0.39 is 5.56 Å². The van der Waals surface area contributed by atoms with Crippen LogP contribution < -0.4 is 15.0 Å². The van der Waals surface area contributed by atoms with Crippen molar-refractivity contribution in [1.29, 1.82) is 5.26 Å². The predicted molar refractivity (Wildman–Crippen MR) is 92.6 cm³/mol. The summed E-state index contributed by atoms with van der Waals surface area (Å²) in [6.07, 6.45) is 0. The first-order valence-corrected chi connectivity index (χ1v) is 7.38. The number of rotatable bonds is 3. The standard InChI is InChI=1S/C19H16N2O3/c1-11-7-14(16(10-20)19(22)21-11)15-8-12-5-4-6-17(23-2)13(12)9-18(15)24-3/h4-9H,1-3H3,(H,21,22). The lowest BCUT2D eigenvalue weighted by atomic mass is 9.96. The number of nitrogens with one attached hydrogen (secondary N) is 1. The summed E-state index contributed by atoms with van der Waals surface area (Å²) < 4.78 is 10.9. The fraction of sp³-hybridized carbons (Fsp3) is 0.158. The number of pyridine rings is 1. The molecule has 0 unspecified atom stereocenters.